The summed E-state index contributed by atoms with van der Waals surface area (Å²) >= 11 is 0. The minimum Gasteiger partial charge on any atom is -0.344 e. The molecule has 0 aliphatic carbocycles. The summed E-state index contributed by atoms with van der Waals surface area (Å²) in [5.41, 5.74) is 0.0172. The van der Waals surface area contributed by atoms with Gasteiger partial charge < -0.3 is 20.0 Å². The number of nitrogens with zero attached hydrogens (tertiary/aromatic N) is 4. The number of hydrogen-bond donors (Lipinski definition) is 1. The van der Waals surface area contributed by atoms with Gasteiger partial charge in [0.15, 0.2) is 0 Å². The lowest BCUT2D eigenvalue weighted by atomic mass is 9.84. The highest BCUT2D eigenvalue weighted by Crippen LogP contribution is 2.27. The van der Waals surface area contributed by atoms with E-state index in [4.69, 9.17) is 0 Å². The van der Waals surface area contributed by atoms with Gasteiger partial charge in [-0.25, -0.2) is 0 Å². The van der Waals surface area contributed by atoms with Crippen molar-refractivity contribution >= 4 is 23.6 Å². The van der Waals surface area contributed by atoms with Crippen LogP contribution in [0, 0.1) is 11.3 Å². The molecular formula is C35H63N5O4. The molecule has 1 N–H and O–H groups in total. The van der Waals surface area contributed by atoms with Gasteiger partial charge in [-0.05, 0) is 70.8 Å². The van der Waals surface area contributed by atoms with Crippen LogP contribution in [-0.4, -0.2) is 107 Å². The van der Waals surface area contributed by atoms with Gasteiger partial charge in [-0.2, -0.15) is 0 Å². The Morgan fingerprint density at radius 3 is 2.14 bits per heavy atom. The molecule has 4 atom stereocenters. The molecule has 2 aliphatic heterocycles. The lowest BCUT2D eigenvalue weighted by molar-refractivity contribution is -0.142. The van der Waals surface area contributed by atoms with Crippen LogP contribution in [0.1, 0.15) is 114 Å². The molecule has 0 aromatic heterocycles. The Kier molecular flexibility index (Phi) is 14.4. The van der Waals surface area contributed by atoms with Gasteiger partial charge in [0.2, 0.25) is 23.6 Å². The predicted molar refractivity (Wildman–Crippen MR) is 178 cm³/mol. The van der Waals surface area contributed by atoms with Gasteiger partial charge in [0, 0.05) is 38.8 Å². The van der Waals surface area contributed by atoms with Crippen LogP contribution < -0.4 is 5.32 Å². The summed E-state index contributed by atoms with van der Waals surface area (Å²) in [7, 11) is 3.59. The Hall–Kier alpha value is -2.42. The number of likely N-dealkylation sites (N-methyl/N-ethyl adjacent to an activating group) is 2. The fraction of sp³-hybridized carbons (Fsp3) is 0.829. The first kappa shape index (κ1) is 37.8. The Bertz CT molecular complexity index is 1020. The van der Waals surface area contributed by atoms with E-state index < -0.39 is 17.5 Å². The van der Waals surface area contributed by atoms with Crippen LogP contribution in [0.2, 0.25) is 0 Å². The Balaban J connectivity index is 2.24. The molecule has 2 aliphatic rings. The average Bonchev–Trinajstić information content (AvgIpc) is 3.46. The first-order valence-corrected chi connectivity index (χ1v) is 17.1. The third-order valence-corrected chi connectivity index (χ3v) is 9.42. The molecule has 4 amide bonds. The molecule has 2 rings (SSSR count). The van der Waals surface area contributed by atoms with Crippen LogP contribution in [0.5, 0.6) is 0 Å². The molecule has 0 spiro atoms. The van der Waals surface area contributed by atoms with Crippen LogP contribution in [0.4, 0.5) is 0 Å². The Morgan fingerprint density at radius 1 is 0.932 bits per heavy atom. The van der Waals surface area contributed by atoms with Gasteiger partial charge in [0.05, 0.1) is 12.1 Å². The fourth-order valence-corrected chi connectivity index (χ4v) is 6.63. The molecule has 0 radical (unpaired) electrons. The van der Waals surface area contributed by atoms with Gasteiger partial charge in [-0.3, -0.25) is 24.1 Å². The molecule has 9 heteroatoms. The van der Waals surface area contributed by atoms with Gasteiger partial charge in [0.1, 0.15) is 12.1 Å². The molecule has 44 heavy (non-hydrogen) atoms. The van der Waals surface area contributed by atoms with E-state index in [1.54, 1.807) is 28.7 Å². The zero-order valence-electron chi connectivity index (χ0n) is 29.7. The van der Waals surface area contributed by atoms with Crippen molar-refractivity contribution in [3.63, 3.8) is 0 Å². The van der Waals surface area contributed by atoms with E-state index in [0.29, 0.717) is 25.1 Å². The minimum absolute atomic E-state index is 0.00483. The number of hydrogen-bond acceptors (Lipinski definition) is 5. The lowest BCUT2D eigenvalue weighted by Crippen LogP contribution is -2.60. The highest BCUT2D eigenvalue weighted by molar-refractivity contribution is 5.97. The van der Waals surface area contributed by atoms with Gasteiger partial charge in [0.25, 0.3) is 0 Å². The summed E-state index contributed by atoms with van der Waals surface area (Å²) in [5.74, 6) is -0.381. The monoisotopic (exact) mass is 617 g/mol. The molecule has 0 aromatic rings. The summed E-state index contributed by atoms with van der Waals surface area (Å²) in [6, 6.07) is -1.51. The standard InChI is InChI=1S/C35H63N5O4/c1-12-13-15-20-37(10)33(43)28-19-17-22-40(28)32(42)26(6)23-29(24(2)3)38(11)34(44)30(35(7,8)9)36-31(41)27-18-14-16-21-39(27)25(4)5/h23-25,27-30H,12-22H2,1-11H3,(H,36,41)/b26-23+/t27?,28-,29+,30+/m0/s1. The number of rotatable bonds is 13. The smallest absolute Gasteiger partial charge is 0.249 e. The molecule has 0 saturated carbocycles. The summed E-state index contributed by atoms with van der Waals surface area (Å²) in [6.45, 7) is 20.3. The molecule has 9 nitrogen and oxygen atoms in total. The molecule has 1 unspecified atom stereocenters. The number of carbonyl (C=O) groups excluding carboxylic acids is 4. The van der Waals surface area contributed by atoms with Gasteiger partial charge in [-0.15, -0.1) is 0 Å². The third kappa shape index (κ3) is 9.79. The summed E-state index contributed by atoms with van der Waals surface area (Å²) in [6.07, 6.45) is 9.34. The number of nitrogens with one attached hydrogen (secondary N) is 1. The van der Waals surface area contributed by atoms with Crippen molar-refractivity contribution in [2.45, 2.75) is 144 Å². The second-order valence-electron chi connectivity index (χ2n) is 14.8. The van der Waals surface area contributed by atoms with Crippen LogP contribution in [0.3, 0.4) is 0 Å². The normalized spacial score (nSPS) is 21.4. The first-order chi connectivity index (χ1) is 20.5. The highest BCUT2D eigenvalue weighted by Gasteiger charge is 2.40. The molecule has 2 heterocycles. The number of amides is 4. The van der Waals surface area contributed by atoms with Crippen LogP contribution in [0.15, 0.2) is 11.6 Å². The largest absolute Gasteiger partial charge is 0.344 e. The van der Waals surface area contributed by atoms with Crippen molar-refractivity contribution < 1.29 is 19.2 Å². The van der Waals surface area contributed by atoms with Crippen molar-refractivity contribution in [3.05, 3.63) is 11.6 Å². The van der Waals surface area contributed by atoms with E-state index >= 15 is 0 Å². The molecule has 2 saturated heterocycles. The minimum atomic E-state index is -0.717. The maximum absolute atomic E-state index is 14.1. The number of piperidine rings is 1. The van der Waals surface area contributed by atoms with E-state index in [9.17, 15) is 19.2 Å². The highest BCUT2D eigenvalue weighted by atomic mass is 16.2. The van der Waals surface area contributed by atoms with Crippen molar-refractivity contribution in [1.29, 1.82) is 0 Å². The van der Waals surface area contributed by atoms with Gasteiger partial charge >= 0.3 is 0 Å². The average molecular weight is 618 g/mol. The van der Waals surface area contributed by atoms with E-state index in [1.807, 2.05) is 47.7 Å². The van der Waals surface area contributed by atoms with E-state index in [1.165, 1.54) is 0 Å². The molecule has 2 fully saturated rings. The second kappa shape index (κ2) is 16.8. The number of carbonyl (C=O) groups is 4. The summed E-state index contributed by atoms with van der Waals surface area (Å²) in [4.78, 5) is 62.1. The second-order valence-corrected chi connectivity index (χ2v) is 14.8. The predicted octanol–water partition coefficient (Wildman–Crippen LogP) is 4.85. The van der Waals surface area contributed by atoms with Crippen LogP contribution in [-0.2, 0) is 19.2 Å². The third-order valence-electron chi connectivity index (χ3n) is 9.42. The molecular weight excluding hydrogens is 554 g/mol. The summed E-state index contributed by atoms with van der Waals surface area (Å²) in [5, 5.41) is 3.14. The van der Waals surface area contributed by atoms with E-state index in [0.717, 1.165) is 51.5 Å². The van der Waals surface area contributed by atoms with Gasteiger partial charge in [-0.1, -0.05) is 66.9 Å². The number of likely N-dealkylation sites (tertiary alicyclic amines) is 2. The SMILES string of the molecule is CCCCCN(C)C(=O)[C@@H]1CCCN1C(=O)/C(C)=C/[C@H](C(C)C)N(C)C(=O)[C@@H](NC(=O)C1CCCCN1C(C)C)C(C)(C)C. The molecule has 252 valence electrons. The quantitative estimate of drug-likeness (QED) is 0.236. The Labute approximate surface area is 268 Å². The maximum Gasteiger partial charge on any atom is 0.249 e. The Morgan fingerprint density at radius 2 is 1.57 bits per heavy atom. The lowest BCUT2D eigenvalue weighted by Gasteiger charge is -2.41. The maximum atomic E-state index is 14.1. The van der Waals surface area contributed by atoms with E-state index in [2.05, 4.69) is 31.0 Å². The zero-order chi connectivity index (χ0) is 33.4. The topological polar surface area (TPSA) is 93.3 Å². The van der Waals surface area contributed by atoms with Crippen LogP contribution in [0.25, 0.3) is 0 Å². The molecule has 0 aromatic carbocycles. The van der Waals surface area contributed by atoms with Crippen LogP contribution >= 0.6 is 0 Å². The van der Waals surface area contributed by atoms with Crippen molar-refractivity contribution in [3.8, 4) is 0 Å². The van der Waals surface area contributed by atoms with E-state index in [-0.39, 0.29) is 47.7 Å². The summed E-state index contributed by atoms with van der Waals surface area (Å²) < 4.78 is 0. The molecule has 0 bridgehead atoms. The zero-order valence-corrected chi connectivity index (χ0v) is 29.7. The first-order valence-electron chi connectivity index (χ1n) is 17.1. The van der Waals surface area contributed by atoms with Crippen molar-refractivity contribution in [2.75, 3.05) is 33.7 Å². The fourth-order valence-electron chi connectivity index (χ4n) is 6.63. The van der Waals surface area contributed by atoms with Crippen molar-refractivity contribution in [2.24, 2.45) is 11.3 Å². The number of unbranched alkanes of at least 4 members (excludes halogenated alkanes) is 2. The van der Waals surface area contributed by atoms with Crippen molar-refractivity contribution in [1.82, 2.24) is 24.9 Å².